The quantitative estimate of drug-likeness (QED) is 0.0261. The number of rotatable bonds is 60. The van der Waals surface area contributed by atoms with Crippen molar-refractivity contribution in [3.63, 3.8) is 0 Å². The van der Waals surface area contributed by atoms with E-state index in [9.17, 15) is 14.4 Å². The molecule has 0 saturated heterocycles. The third-order valence-corrected chi connectivity index (χ3v) is 14.7. The minimum Gasteiger partial charge on any atom is -0.462 e. The van der Waals surface area contributed by atoms with Gasteiger partial charge in [-0.3, -0.25) is 14.4 Å². The molecular weight excluding hydrogens is 901 g/mol. The van der Waals surface area contributed by atoms with Crippen molar-refractivity contribution >= 4 is 17.9 Å². The first-order valence-corrected chi connectivity index (χ1v) is 32.5. The van der Waals surface area contributed by atoms with Crippen LogP contribution in [0.3, 0.4) is 0 Å². The monoisotopic (exact) mass is 1020 g/mol. The van der Waals surface area contributed by atoms with E-state index >= 15 is 0 Å². The zero-order valence-corrected chi connectivity index (χ0v) is 49.2. The lowest BCUT2D eigenvalue weighted by Crippen LogP contribution is -2.30. The summed E-state index contributed by atoms with van der Waals surface area (Å²) in [6.45, 7) is 6.57. The summed E-state index contributed by atoms with van der Waals surface area (Å²) in [5, 5.41) is 0. The molecule has 1 atom stereocenters. The van der Waals surface area contributed by atoms with E-state index < -0.39 is 6.10 Å². The molecule has 0 N–H and O–H groups in total. The number of hydrogen-bond donors (Lipinski definition) is 0. The lowest BCUT2D eigenvalue weighted by molar-refractivity contribution is -0.167. The largest absolute Gasteiger partial charge is 0.462 e. The van der Waals surface area contributed by atoms with Crippen molar-refractivity contribution in [3.8, 4) is 0 Å². The van der Waals surface area contributed by atoms with Crippen molar-refractivity contribution < 1.29 is 28.6 Å². The van der Waals surface area contributed by atoms with Gasteiger partial charge in [0.2, 0.25) is 0 Å². The molecule has 0 spiro atoms. The van der Waals surface area contributed by atoms with E-state index in [1.54, 1.807) is 0 Å². The van der Waals surface area contributed by atoms with Crippen LogP contribution in [0.5, 0.6) is 0 Å². The minimum atomic E-state index is -0.780. The van der Waals surface area contributed by atoms with Crippen LogP contribution < -0.4 is 0 Å². The first kappa shape index (κ1) is 70.6. The average molecular weight is 1030 g/mol. The van der Waals surface area contributed by atoms with E-state index in [0.717, 1.165) is 83.5 Å². The van der Waals surface area contributed by atoms with Gasteiger partial charge in [-0.1, -0.05) is 320 Å². The van der Waals surface area contributed by atoms with Crippen molar-refractivity contribution in [3.05, 3.63) is 36.5 Å². The van der Waals surface area contributed by atoms with Gasteiger partial charge in [-0.2, -0.15) is 0 Å². The lowest BCUT2D eigenvalue weighted by Gasteiger charge is -2.18. The maximum Gasteiger partial charge on any atom is 0.306 e. The molecule has 0 aromatic carbocycles. The van der Waals surface area contributed by atoms with Crippen molar-refractivity contribution in [1.82, 2.24) is 0 Å². The first-order chi connectivity index (χ1) is 36.0. The van der Waals surface area contributed by atoms with E-state index in [0.29, 0.717) is 19.3 Å². The highest BCUT2D eigenvalue weighted by Crippen LogP contribution is 2.18. The number of unbranched alkanes of at least 4 members (excludes halogenated alkanes) is 43. The molecule has 0 aromatic heterocycles. The van der Waals surface area contributed by atoms with Crippen LogP contribution in [0, 0.1) is 0 Å². The minimum absolute atomic E-state index is 0.0761. The van der Waals surface area contributed by atoms with Crippen molar-refractivity contribution in [2.45, 2.75) is 361 Å². The molecule has 0 aliphatic rings. The Hall–Kier alpha value is -2.37. The molecule has 0 heterocycles. The Bertz CT molecular complexity index is 1220. The number of allylic oxidation sites excluding steroid dienone is 6. The number of esters is 3. The molecule has 6 nitrogen and oxygen atoms in total. The number of carbonyl (C=O) groups is 3. The predicted molar refractivity (Wildman–Crippen MR) is 316 cm³/mol. The second kappa shape index (κ2) is 62.2. The maximum absolute atomic E-state index is 12.9. The van der Waals surface area contributed by atoms with E-state index in [2.05, 4.69) is 57.2 Å². The highest BCUT2D eigenvalue weighted by Gasteiger charge is 2.19. The average Bonchev–Trinajstić information content (AvgIpc) is 3.39. The fourth-order valence-electron chi connectivity index (χ4n) is 9.81. The van der Waals surface area contributed by atoms with E-state index in [4.69, 9.17) is 14.2 Å². The smallest absolute Gasteiger partial charge is 0.306 e. The van der Waals surface area contributed by atoms with Crippen molar-refractivity contribution in [2.24, 2.45) is 0 Å². The molecule has 0 aliphatic carbocycles. The Balaban J connectivity index is 4.23. The maximum atomic E-state index is 12.9. The molecule has 1 unspecified atom stereocenters. The first-order valence-electron chi connectivity index (χ1n) is 32.5. The molecule has 0 aromatic rings. The van der Waals surface area contributed by atoms with Gasteiger partial charge in [-0.05, 0) is 51.4 Å². The Labute approximate surface area is 455 Å². The summed E-state index contributed by atoms with van der Waals surface area (Å²) >= 11 is 0. The number of carbonyl (C=O) groups excluding carboxylic acids is 3. The normalized spacial score (nSPS) is 12.2. The molecule has 0 rings (SSSR count). The standard InChI is InChI=1S/C67H124O6/c1-4-7-10-13-16-19-22-25-27-29-30-31-32-33-34-35-36-38-39-42-45-48-51-54-57-60-66(69)72-63-64(62-71-65(68)59-56-53-50-47-44-41-24-21-18-15-12-9-6-3)73-67(70)61-58-55-52-49-46-43-40-37-28-26-23-20-17-14-11-8-5-2/h9,12,18,21,41,44,64H,4-8,10-11,13-17,19-20,22-40,42-43,45-63H2,1-3H3/b12-9-,21-18-,44-41-. The van der Waals surface area contributed by atoms with E-state index in [-0.39, 0.29) is 31.1 Å². The van der Waals surface area contributed by atoms with Crippen LogP contribution in [0.15, 0.2) is 36.5 Å². The second-order valence-corrected chi connectivity index (χ2v) is 22.0. The van der Waals surface area contributed by atoms with E-state index in [1.165, 1.54) is 231 Å². The Morgan fingerprint density at radius 2 is 0.534 bits per heavy atom. The van der Waals surface area contributed by atoms with Crippen LogP contribution in [0.2, 0.25) is 0 Å². The zero-order valence-electron chi connectivity index (χ0n) is 49.2. The summed E-state index contributed by atoms with van der Waals surface area (Å²) in [5.74, 6) is -0.882. The Kier molecular flexibility index (Phi) is 60.2. The summed E-state index contributed by atoms with van der Waals surface area (Å²) in [6.07, 6.45) is 76.0. The van der Waals surface area contributed by atoms with Gasteiger partial charge in [0.1, 0.15) is 13.2 Å². The van der Waals surface area contributed by atoms with Gasteiger partial charge in [0.15, 0.2) is 6.10 Å². The van der Waals surface area contributed by atoms with Crippen molar-refractivity contribution in [2.75, 3.05) is 13.2 Å². The Morgan fingerprint density at radius 3 is 0.836 bits per heavy atom. The highest BCUT2D eigenvalue weighted by atomic mass is 16.6. The molecule has 0 radical (unpaired) electrons. The molecule has 0 amide bonds. The molecule has 0 bridgehead atoms. The topological polar surface area (TPSA) is 78.9 Å². The zero-order chi connectivity index (χ0) is 52.9. The van der Waals surface area contributed by atoms with Crippen LogP contribution in [-0.2, 0) is 28.6 Å². The van der Waals surface area contributed by atoms with Gasteiger partial charge in [0, 0.05) is 19.3 Å². The molecule has 0 fully saturated rings. The van der Waals surface area contributed by atoms with Crippen LogP contribution in [0.25, 0.3) is 0 Å². The van der Waals surface area contributed by atoms with E-state index in [1.807, 2.05) is 0 Å². The predicted octanol–water partition coefficient (Wildman–Crippen LogP) is 22.0. The van der Waals surface area contributed by atoms with Gasteiger partial charge in [-0.15, -0.1) is 0 Å². The molecule has 6 heteroatoms. The molecule has 73 heavy (non-hydrogen) atoms. The summed E-state index contributed by atoms with van der Waals surface area (Å²) in [4.78, 5) is 38.3. The van der Waals surface area contributed by atoms with Gasteiger partial charge >= 0.3 is 17.9 Å². The van der Waals surface area contributed by atoms with Gasteiger partial charge in [0.05, 0.1) is 0 Å². The summed E-state index contributed by atoms with van der Waals surface area (Å²) in [7, 11) is 0. The number of ether oxygens (including phenoxy) is 3. The number of hydrogen-bond acceptors (Lipinski definition) is 6. The molecule has 0 aliphatic heterocycles. The van der Waals surface area contributed by atoms with Gasteiger partial charge < -0.3 is 14.2 Å². The third-order valence-electron chi connectivity index (χ3n) is 14.7. The lowest BCUT2D eigenvalue weighted by atomic mass is 10.0. The van der Waals surface area contributed by atoms with Crippen LogP contribution in [0.1, 0.15) is 355 Å². The fourth-order valence-corrected chi connectivity index (χ4v) is 9.81. The van der Waals surface area contributed by atoms with Crippen LogP contribution >= 0.6 is 0 Å². The van der Waals surface area contributed by atoms with Crippen LogP contribution in [0.4, 0.5) is 0 Å². The summed E-state index contributed by atoms with van der Waals surface area (Å²) in [5.41, 5.74) is 0. The van der Waals surface area contributed by atoms with Crippen molar-refractivity contribution in [1.29, 1.82) is 0 Å². The molecular formula is C67H124O6. The Morgan fingerprint density at radius 1 is 0.288 bits per heavy atom. The summed E-state index contributed by atoms with van der Waals surface area (Å²) < 4.78 is 16.9. The molecule has 0 saturated carbocycles. The SMILES string of the molecule is CC/C=C\C/C=C\C/C=C\CCCCCC(=O)OCC(COC(=O)CCCCCCCCCCCCCCCCCCCCCCCCCCC)OC(=O)CCCCCCCCCCCCCCCCCCC. The third kappa shape index (κ3) is 60.4. The van der Waals surface area contributed by atoms with Gasteiger partial charge in [0.25, 0.3) is 0 Å². The fraction of sp³-hybridized carbons (Fsp3) is 0.866. The summed E-state index contributed by atoms with van der Waals surface area (Å²) in [6, 6.07) is 0. The van der Waals surface area contributed by atoms with Crippen LogP contribution in [-0.4, -0.2) is 37.2 Å². The highest BCUT2D eigenvalue weighted by molar-refractivity contribution is 5.71. The molecule has 428 valence electrons. The second-order valence-electron chi connectivity index (χ2n) is 22.0. The van der Waals surface area contributed by atoms with Gasteiger partial charge in [-0.25, -0.2) is 0 Å².